The van der Waals surface area contributed by atoms with E-state index in [2.05, 4.69) is 85.3 Å². The predicted octanol–water partition coefficient (Wildman–Crippen LogP) is 5.40. The second-order valence-electron chi connectivity index (χ2n) is 6.00. The summed E-state index contributed by atoms with van der Waals surface area (Å²) in [5.74, 6) is 0. The molecule has 0 atom stereocenters. The van der Waals surface area contributed by atoms with Crippen molar-refractivity contribution in [1.82, 2.24) is 4.90 Å². The average molecular weight is 342 g/mol. The van der Waals surface area contributed by atoms with Crippen LogP contribution in [0.3, 0.4) is 0 Å². The van der Waals surface area contributed by atoms with Gasteiger partial charge in [-0.1, -0.05) is 6.07 Å². The Morgan fingerprint density at radius 1 is 1.08 bits per heavy atom. The number of aryl methyl sites for hydroxylation is 2. The second kappa shape index (κ2) is 8.25. The zero-order valence-corrected chi connectivity index (χ0v) is 16.3. The van der Waals surface area contributed by atoms with Crippen LogP contribution in [-0.2, 0) is 0 Å². The van der Waals surface area contributed by atoms with Crippen molar-refractivity contribution in [1.29, 1.82) is 0 Å². The van der Waals surface area contributed by atoms with Gasteiger partial charge in [0.05, 0.1) is 12.0 Å². The van der Waals surface area contributed by atoms with Gasteiger partial charge in [-0.15, -0.1) is 11.8 Å². The van der Waals surface area contributed by atoms with E-state index >= 15 is 0 Å². The van der Waals surface area contributed by atoms with Crippen LogP contribution in [0.15, 0.2) is 46.3 Å². The van der Waals surface area contributed by atoms with Crippen LogP contribution in [0.2, 0.25) is 0 Å². The van der Waals surface area contributed by atoms with Crippen LogP contribution in [0.1, 0.15) is 18.1 Å². The number of rotatable bonds is 6. The molecule has 0 aliphatic heterocycles. The Morgan fingerprint density at radius 2 is 1.83 bits per heavy atom. The Morgan fingerprint density at radius 3 is 2.50 bits per heavy atom. The monoisotopic (exact) mass is 341 g/mol. The van der Waals surface area contributed by atoms with Crippen molar-refractivity contribution >= 4 is 35.2 Å². The third-order valence-corrected chi connectivity index (χ3v) is 4.93. The minimum Gasteiger partial charge on any atom is -0.366 e. The zero-order chi connectivity index (χ0) is 17.7. The van der Waals surface area contributed by atoms with Gasteiger partial charge in [0.25, 0.3) is 0 Å². The number of hydrogen-bond donors (Lipinski definition) is 0. The van der Waals surface area contributed by atoms with E-state index in [-0.39, 0.29) is 0 Å². The molecule has 0 heterocycles. The standard InChI is InChI=1S/C20H27N3S/c1-7-22(4)14-21-19-11-16(3)20(12-15(19)2)23(5)17-9-8-10-18(13-17)24-6/h8-14H,7H2,1-6H3. The van der Waals surface area contributed by atoms with Gasteiger partial charge in [0.2, 0.25) is 0 Å². The summed E-state index contributed by atoms with van der Waals surface area (Å²) < 4.78 is 0. The lowest BCUT2D eigenvalue weighted by Crippen LogP contribution is -2.14. The summed E-state index contributed by atoms with van der Waals surface area (Å²) in [6, 6.07) is 13.0. The number of hydrogen-bond acceptors (Lipinski definition) is 3. The molecule has 0 amide bonds. The molecule has 2 rings (SSSR count). The minimum absolute atomic E-state index is 0.953. The van der Waals surface area contributed by atoms with Gasteiger partial charge < -0.3 is 9.80 Å². The van der Waals surface area contributed by atoms with Gasteiger partial charge in [0.15, 0.2) is 0 Å². The van der Waals surface area contributed by atoms with E-state index in [0.29, 0.717) is 0 Å². The number of aliphatic imine (C=N–C) groups is 1. The summed E-state index contributed by atoms with van der Waals surface area (Å²) in [7, 11) is 4.15. The van der Waals surface area contributed by atoms with Crippen LogP contribution in [0, 0.1) is 13.8 Å². The molecule has 128 valence electrons. The molecule has 2 aromatic rings. The fraction of sp³-hybridized carbons (Fsp3) is 0.350. The van der Waals surface area contributed by atoms with Gasteiger partial charge in [-0.2, -0.15) is 0 Å². The largest absolute Gasteiger partial charge is 0.366 e. The molecule has 0 aliphatic rings. The quantitative estimate of drug-likeness (QED) is 0.398. The minimum atomic E-state index is 0.953. The Kier molecular flexibility index (Phi) is 6.32. The third-order valence-electron chi connectivity index (χ3n) is 4.21. The lowest BCUT2D eigenvalue weighted by atomic mass is 10.1. The maximum absolute atomic E-state index is 4.62. The van der Waals surface area contributed by atoms with Crippen LogP contribution < -0.4 is 4.90 Å². The third kappa shape index (κ3) is 4.32. The molecule has 24 heavy (non-hydrogen) atoms. The smallest absolute Gasteiger partial charge is 0.0909 e. The molecule has 0 saturated heterocycles. The summed E-state index contributed by atoms with van der Waals surface area (Å²) in [6.45, 7) is 7.33. The van der Waals surface area contributed by atoms with Crippen molar-refractivity contribution in [2.75, 3.05) is 31.8 Å². The predicted molar refractivity (Wildman–Crippen MR) is 109 cm³/mol. The number of thioether (sulfide) groups is 1. The zero-order valence-electron chi connectivity index (χ0n) is 15.5. The fourth-order valence-corrected chi connectivity index (χ4v) is 2.94. The summed E-state index contributed by atoms with van der Waals surface area (Å²) in [6.07, 6.45) is 4.00. The van der Waals surface area contributed by atoms with Gasteiger partial charge >= 0.3 is 0 Å². The number of nitrogens with zero attached hydrogens (tertiary/aromatic N) is 3. The van der Waals surface area contributed by atoms with E-state index in [1.54, 1.807) is 11.8 Å². The molecule has 0 radical (unpaired) electrons. The molecule has 4 heteroatoms. The highest BCUT2D eigenvalue weighted by atomic mass is 32.2. The highest BCUT2D eigenvalue weighted by molar-refractivity contribution is 7.98. The van der Waals surface area contributed by atoms with Crippen molar-refractivity contribution in [3.63, 3.8) is 0 Å². The molecule has 3 nitrogen and oxygen atoms in total. The highest BCUT2D eigenvalue weighted by Crippen LogP contribution is 2.33. The first-order valence-electron chi connectivity index (χ1n) is 8.19. The summed E-state index contributed by atoms with van der Waals surface area (Å²) >= 11 is 1.77. The first kappa shape index (κ1) is 18.4. The first-order valence-corrected chi connectivity index (χ1v) is 9.42. The molecular formula is C20H27N3S. The summed E-state index contributed by atoms with van der Waals surface area (Å²) in [5.41, 5.74) is 5.86. The van der Waals surface area contributed by atoms with Crippen LogP contribution >= 0.6 is 11.8 Å². The molecule has 0 bridgehead atoms. The van der Waals surface area contributed by atoms with Crippen molar-refractivity contribution in [3.8, 4) is 0 Å². The van der Waals surface area contributed by atoms with E-state index in [0.717, 1.165) is 12.2 Å². The van der Waals surface area contributed by atoms with Crippen LogP contribution in [0.4, 0.5) is 17.1 Å². The lowest BCUT2D eigenvalue weighted by molar-refractivity contribution is 0.552. The van der Waals surface area contributed by atoms with Gasteiger partial charge in [-0.05, 0) is 68.5 Å². The molecule has 0 aliphatic carbocycles. The van der Waals surface area contributed by atoms with Crippen molar-refractivity contribution < 1.29 is 0 Å². The van der Waals surface area contributed by atoms with Crippen molar-refractivity contribution in [3.05, 3.63) is 47.5 Å². The van der Waals surface area contributed by atoms with Crippen molar-refractivity contribution in [2.45, 2.75) is 25.7 Å². The summed E-state index contributed by atoms with van der Waals surface area (Å²) in [5, 5.41) is 0. The average Bonchev–Trinajstić information content (AvgIpc) is 2.61. The van der Waals surface area contributed by atoms with Gasteiger partial charge in [-0.25, -0.2) is 4.99 Å². The van der Waals surface area contributed by atoms with Gasteiger partial charge in [-0.3, -0.25) is 0 Å². The topological polar surface area (TPSA) is 18.8 Å². The first-order chi connectivity index (χ1) is 11.5. The van der Waals surface area contributed by atoms with Crippen LogP contribution in [0.25, 0.3) is 0 Å². The second-order valence-corrected chi connectivity index (χ2v) is 6.88. The van der Waals surface area contributed by atoms with Crippen LogP contribution in [-0.4, -0.2) is 38.1 Å². The van der Waals surface area contributed by atoms with E-state index in [1.165, 1.54) is 27.4 Å². The van der Waals surface area contributed by atoms with Crippen LogP contribution in [0.5, 0.6) is 0 Å². The molecule has 0 aromatic heterocycles. The summed E-state index contributed by atoms with van der Waals surface area (Å²) in [4.78, 5) is 10.2. The van der Waals surface area contributed by atoms with E-state index in [1.807, 2.05) is 13.4 Å². The van der Waals surface area contributed by atoms with Crippen molar-refractivity contribution in [2.24, 2.45) is 4.99 Å². The molecule has 0 saturated carbocycles. The molecule has 0 unspecified atom stereocenters. The number of benzene rings is 2. The molecular weight excluding hydrogens is 314 g/mol. The normalized spacial score (nSPS) is 11.1. The molecule has 2 aromatic carbocycles. The van der Waals surface area contributed by atoms with E-state index in [4.69, 9.17) is 0 Å². The Labute approximate surface area is 150 Å². The SMILES string of the molecule is CCN(C)C=Nc1cc(C)c(N(C)c2cccc(SC)c2)cc1C. The Bertz CT molecular complexity index is 725. The Balaban J connectivity index is 2.34. The molecule has 0 N–H and O–H groups in total. The molecule has 0 fully saturated rings. The number of anilines is 2. The Hall–Kier alpha value is -1.94. The van der Waals surface area contributed by atoms with Gasteiger partial charge in [0, 0.05) is 36.9 Å². The maximum Gasteiger partial charge on any atom is 0.0909 e. The molecule has 0 spiro atoms. The fourth-order valence-electron chi connectivity index (χ4n) is 2.49. The van der Waals surface area contributed by atoms with E-state index < -0.39 is 0 Å². The maximum atomic E-state index is 4.62. The lowest BCUT2D eigenvalue weighted by Gasteiger charge is -2.23. The van der Waals surface area contributed by atoms with Gasteiger partial charge in [0.1, 0.15) is 0 Å². The highest BCUT2D eigenvalue weighted by Gasteiger charge is 2.10. The van der Waals surface area contributed by atoms with E-state index in [9.17, 15) is 0 Å².